The van der Waals surface area contributed by atoms with Crippen molar-refractivity contribution in [2.24, 2.45) is 11.7 Å². The number of nitrogens with zero attached hydrogens (tertiary/aromatic N) is 1. The van der Waals surface area contributed by atoms with Crippen molar-refractivity contribution in [3.63, 3.8) is 0 Å². The van der Waals surface area contributed by atoms with E-state index in [1.807, 2.05) is 19.1 Å². The molecular weight excluding hydrogens is 254 g/mol. The largest absolute Gasteiger partial charge is 0.467 e. The summed E-state index contributed by atoms with van der Waals surface area (Å²) in [6.45, 7) is 6.37. The molecule has 2 rings (SSSR count). The highest BCUT2D eigenvalue weighted by Crippen LogP contribution is 2.20. The standard InChI is InChI=1S/C15H25N3O2/c1-3-12-10-18(7-6-14(12)16)11(2)15(19)17-9-13-5-4-8-20-13/h4-5,8,11-12,14H,3,6-7,9-10,16H2,1-2H3,(H,17,19). The van der Waals surface area contributed by atoms with Gasteiger partial charge < -0.3 is 15.5 Å². The monoisotopic (exact) mass is 279 g/mol. The van der Waals surface area contributed by atoms with Crippen molar-refractivity contribution in [1.82, 2.24) is 10.2 Å². The molecule has 20 heavy (non-hydrogen) atoms. The van der Waals surface area contributed by atoms with Crippen LogP contribution in [-0.4, -0.2) is 36.0 Å². The Bertz CT molecular complexity index is 419. The molecule has 3 unspecified atom stereocenters. The van der Waals surface area contributed by atoms with Crippen LogP contribution >= 0.6 is 0 Å². The van der Waals surface area contributed by atoms with Crippen LogP contribution in [0.25, 0.3) is 0 Å². The second-order valence-corrected chi connectivity index (χ2v) is 5.59. The highest BCUT2D eigenvalue weighted by molar-refractivity contribution is 5.81. The predicted molar refractivity (Wildman–Crippen MR) is 78.0 cm³/mol. The first-order valence-corrected chi connectivity index (χ1v) is 7.41. The first-order valence-electron chi connectivity index (χ1n) is 7.41. The van der Waals surface area contributed by atoms with Gasteiger partial charge >= 0.3 is 0 Å². The molecule has 1 fully saturated rings. The van der Waals surface area contributed by atoms with Gasteiger partial charge in [-0.2, -0.15) is 0 Å². The van der Waals surface area contributed by atoms with E-state index in [1.165, 1.54) is 0 Å². The minimum atomic E-state index is -0.119. The van der Waals surface area contributed by atoms with Crippen molar-refractivity contribution in [1.29, 1.82) is 0 Å². The molecule has 1 aromatic heterocycles. The summed E-state index contributed by atoms with van der Waals surface area (Å²) < 4.78 is 5.21. The van der Waals surface area contributed by atoms with Gasteiger partial charge in [0.25, 0.3) is 0 Å². The first kappa shape index (κ1) is 15.1. The van der Waals surface area contributed by atoms with Gasteiger partial charge in [0.1, 0.15) is 5.76 Å². The average molecular weight is 279 g/mol. The molecule has 0 bridgehead atoms. The van der Waals surface area contributed by atoms with E-state index in [0.29, 0.717) is 12.5 Å². The van der Waals surface area contributed by atoms with Gasteiger partial charge in [0.15, 0.2) is 0 Å². The predicted octanol–water partition coefficient (Wildman–Crippen LogP) is 1.34. The summed E-state index contributed by atoms with van der Waals surface area (Å²) >= 11 is 0. The number of likely N-dealkylation sites (tertiary alicyclic amines) is 1. The Balaban J connectivity index is 1.83. The molecule has 0 radical (unpaired) electrons. The van der Waals surface area contributed by atoms with Crippen molar-refractivity contribution in [3.05, 3.63) is 24.2 Å². The molecule has 0 spiro atoms. The third-order valence-corrected chi connectivity index (χ3v) is 4.29. The van der Waals surface area contributed by atoms with Gasteiger partial charge in [-0.25, -0.2) is 0 Å². The SMILES string of the molecule is CCC1CN(C(C)C(=O)NCc2ccco2)CCC1N. The van der Waals surface area contributed by atoms with Crippen LogP contribution in [0.1, 0.15) is 32.4 Å². The summed E-state index contributed by atoms with van der Waals surface area (Å²) in [5.74, 6) is 1.31. The molecule has 112 valence electrons. The zero-order chi connectivity index (χ0) is 14.5. The van der Waals surface area contributed by atoms with E-state index >= 15 is 0 Å². The molecule has 0 saturated carbocycles. The van der Waals surface area contributed by atoms with Crippen molar-refractivity contribution in [2.45, 2.75) is 45.3 Å². The molecule has 1 aliphatic heterocycles. The summed E-state index contributed by atoms with van der Waals surface area (Å²) in [6.07, 6.45) is 3.65. The Labute approximate surface area is 120 Å². The Morgan fingerprint density at radius 2 is 2.45 bits per heavy atom. The molecule has 3 atom stereocenters. The van der Waals surface area contributed by atoms with Crippen LogP contribution in [0.3, 0.4) is 0 Å². The maximum Gasteiger partial charge on any atom is 0.237 e. The summed E-state index contributed by atoms with van der Waals surface area (Å²) in [6, 6.07) is 3.84. The third kappa shape index (κ3) is 3.61. The molecule has 1 aliphatic rings. The zero-order valence-corrected chi connectivity index (χ0v) is 12.3. The van der Waals surface area contributed by atoms with Crippen LogP contribution in [0, 0.1) is 5.92 Å². The number of piperidine rings is 1. The van der Waals surface area contributed by atoms with E-state index in [0.717, 1.165) is 31.7 Å². The van der Waals surface area contributed by atoms with Crippen molar-refractivity contribution in [3.8, 4) is 0 Å². The fourth-order valence-electron chi connectivity index (χ4n) is 2.76. The Morgan fingerprint density at radius 1 is 1.65 bits per heavy atom. The number of hydrogen-bond donors (Lipinski definition) is 2. The zero-order valence-electron chi connectivity index (χ0n) is 12.3. The van der Waals surface area contributed by atoms with Gasteiger partial charge in [0.2, 0.25) is 5.91 Å². The lowest BCUT2D eigenvalue weighted by molar-refractivity contribution is -0.127. The number of hydrogen-bond acceptors (Lipinski definition) is 4. The molecule has 5 nitrogen and oxygen atoms in total. The van der Waals surface area contributed by atoms with Gasteiger partial charge in [0, 0.05) is 19.1 Å². The minimum absolute atomic E-state index is 0.0479. The number of nitrogens with two attached hydrogens (primary N) is 1. The fraction of sp³-hybridized carbons (Fsp3) is 0.667. The number of amides is 1. The maximum atomic E-state index is 12.2. The Morgan fingerprint density at radius 3 is 3.10 bits per heavy atom. The molecule has 1 saturated heterocycles. The van der Waals surface area contributed by atoms with E-state index < -0.39 is 0 Å². The fourth-order valence-corrected chi connectivity index (χ4v) is 2.76. The number of carbonyl (C=O) groups is 1. The lowest BCUT2D eigenvalue weighted by Crippen LogP contribution is -2.53. The second kappa shape index (κ2) is 6.90. The average Bonchev–Trinajstić information content (AvgIpc) is 2.97. The van der Waals surface area contributed by atoms with Gasteiger partial charge in [-0.3, -0.25) is 9.69 Å². The molecular formula is C15H25N3O2. The number of carbonyl (C=O) groups excluding carboxylic acids is 1. The number of rotatable bonds is 5. The molecule has 5 heteroatoms. The van der Waals surface area contributed by atoms with E-state index in [-0.39, 0.29) is 18.0 Å². The summed E-state index contributed by atoms with van der Waals surface area (Å²) in [4.78, 5) is 14.4. The van der Waals surface area contributed by atoms with Crippen LogP contribution in [0.4, 0.5) is 0 Å². The molecule has 2 heterocycles. The van der Waals surface area contributed by atoms with Crippen LogP contribution in [0.2, 0.25) is 0 Å². The van der Waals surface area contributed by atoms with Crippen LogP contribution in [0.5, 0.6) is 0 Å². The van der Waals surface area contributed by atoms with Crippen molar-refractivity contribution >= 4 is 5.91 Å². The number of nitrogens with one attached hydrogen (secondary N) is 1. The topological polar surface area (TPSA) is 71.5 Å². The molecule has 1 aromatic rings. The highest BCUT2D eigenvalue weighted by Gasteiger charge is 2.30. The summed E-state index contributed by atoms with van der Waals surface area (Å²) in [7, 11) is 0. The smallest absolute Gasteiger partial charge is 0.237 e. The van der Waals surface area contributed by atoms with Crippen molar-refractivity contribution < 1.29 is 9.21 Å². The molecule has 0 aromatic carbocycles. The van der Waals surface area contributed by atoms with Crippen LogP contribution in [0.15, 0.2) is 22.8 Å². The quantitative estimate of drug-likeness (QED) is 0.853. The van der Waals surface area contributed by atoms with E-state index in [4.69, 9.17) is 10.2 Å². The first-order chi connectivity index (χ1) is 9.61. The molecule has 0 aliphatic carbocycles. The third-order valence-electron chi connectivity index (χ3n) is 4.29. The Kier molecular flexibility index (Phi) is 5.20. The normalized spacial score (nSPS) is 25.4. The number of furan rings is 1. The van der Waals surface area contributed by atoms with Crippen molar-refractivity contribution in [2.75, 3.05) is 13.1 Å². The lowest BCUT2D eigenvalue weighted by Gasteiger charge is -2.39. The van der Waals surface area contributed by atoms with E-state index in [2.05, 4.69) is 17.1 Å². The van der Waals surface area contributed by atoms with Crippen LogP contribution < -0.4 is 11.1 Å². The van der Waals surface area contributed by atoms with Crippen LogP contribution in [-0.2, 0) is 11.3 Å². The summed E-state index contributed by atoms with van der Waals surface area (Å²) in [5, 5.41) is 2.92. The lowest BCUT2D eigenvalue weighted by atomic mass is 9.90. The van der Waals surface area contributed by atoms with Gasteiger partial charge in [0.05, 0.1) is 18.8 Å². The highest BCUT2D eigenvalue weighted by atomic mass is 16.3. The van der Waals surface area contributed by atoms with E-state index in [9.17, 15) is 4.79 Å². The molecule has 1 amide bonds. The second-order valence-electron chi connectivity index (χ2n) is 5.59. The van der Waals surface area contributed by atoms with E-state index in [1.54, 1.807) is 6.26 Å². The minimum Gasteiger partial charge on any atom is -0.467 e. The maximum absolute atomic E-state index is 12.2. The Hall–Kier alpha value is -1.33. The van der Waals surface area contributed by atoms with Gasteiger partial charge in [-0.05, 0) is 31.4 Å². The molecule has 3 N–H and O–H groups in total. The van der Waals surface area contributed by atoms with Gasteiger partial charge in [-0.1, -0.05) is 13.3 Å². The summed E-state index contributed by atoms with van der Waals surface area (Å²) in [5.41, 5.74) is 6.11. The van der Waals surface area contributed by atoms with Gasteiger partial charge in [-0.15, -0.1) is 0 Å².